The average Bonchev–Trinajstić information content (AvgIpc) is 3.27. The van der Waals surface area contributed by atoms with Crippen LogP contribution in [0.5, 0.6) is 11.5 Å². The van der Waals surface area contributed by atoms with Gasteiger partial charge >= 0.3 is 0 Å². The predicted octanol–water partition coefficient (Wildman–Crippen LogP) is 4.45. The maximum absolute atomic E-state index is 6.11. The lowest BCUT2D eigenvalue weighted by molar-refractivity contribution is 0.174. The van der Waals surface area contributed by atoms with Gasteiger partial charge in [0.05, 0.1) is 0 Å². The van der Waals surface area contributed by atoms with Crippen molar-refractivity contribution in [2.75, 3.05) is 6.79 Å². The summed E-state index contributed by atoms with van der Waals surface area (Å²) in [5.74, 6) is 2.28. The second-order valence-electron chi connectivity index (χ2n) is 5.75. The van der Waals surface area contributed by atoms with Gasteiger partial charge in [-0.05, 0) is 47.5 Å². The topological polar surface area (TPSA) is 48.7 Å². The van der Waals surface area contributed by atoms with E-state index in [9.17, 15) is 0 Å². The number of rotatable bonds is 2. The summed E-state index contributed by atoms with van der Waals surface area (Å²) in [6.07, 6.45) is 2.02. The Morgan fingerprint density at radius 2 is 1.72 bits per heavy atom. The smallest absolute Gasteiger partial charge is 0.231 e. The predicted molar refractivity (Wildman–Crippen MR) is 95.0 cm³/mol. The van der Waals surface area contributed by atoms with Crippen molar-refractivity contribution in [3.05, 3.63) is 65.8 Å². The van der Waals surface area contributed by atoms with E-state index in [2.05, 4.69) is 10.2 Å². The normalized spacial score (nSPS) is 12.7. The molecule has 0 bridgehead atoms. The molecule has 5 nitrogen and oxygen atoms in total. The van der Waals surface area contributed by atoms with Gasteiger partial charge in [0.15, 0.2) is 23.0 Å². The van der Waals surface area contributed by atoms with Crippen molar-refractivity contribution in [1.82, 2.24) is 14.6 Å². The van der Waals surface area contributed by atoms with Crippen molar-refractivity contribution in [2.45, 2.75) is 0 Å². The minimum Gasteiger partial charge on any atom is -0.454 e. The largest absolute Gasteiger partial charge is 0.454 e. The van der Waals surface area contributed by atoms with E-state index >= 15 is 0 Å². The highest BCUT2D eigenvalue weighted by Crippen LogP contribution is 2.36. The molecule has 0 saturated heterocycles. The molecule has 0 radical (unpaired) electrons. The third kappa shape index (κ3) is 2.40. The number of fused-ring (bicyclic) bond motifs is 2. The van der Waals surface area contributed by atoms with Crippen molar-refractivity contribution in [3.8, 4) is 34.0 Å². The summed E-state index contributed by atoms with van der Waals surface area (Å²) in [6, 6.07) is 17.5. The van der Waals surface area contributed by atoms with Gasteiger partial charge in [0, 0.05) is 16.8 Å². The second-order valence-corrected chi connectivity index (χ2v) is 6.18. The number of ether oxygens (including phenoxy) is 2. The first-order chi connectivity index (χ1) is 12.3. The summed E-state index contributed by atoms with van der Waals surface area (Å²) >= 11 is 6.11. The number of hydrogen-bond donors (Lipinski definition) is 0. The van der Waals surface area contributed by atoms with E-state index in [0.29, 0.717) is 5.02 Å². The van der Waals surface area contributed by atoms with Crippen LogP contribution in [0.1, 0.15) is 0 Å². The summed E-state index contributed by atoms with van der Waals surface area (Å²) < 4.78 is 12.8. The number of nitrogens with zero attached hydrogens (tertiary/aromatic N) is 3. The Kier molecular flexibility index (Phi) is 3.15. The number of benzene rings is 2. The van der Waals surface area contributed by atoms with Crippen molar-refractivity contribution in [1.29, 1.82) is 0 Å². The highest BCUT2D eigenvalue weighted by atomic mass is 35.5. The fourth-order valence-electron chi connectivity index (χ4n) is 2.96. The van der Waals surface area contributed by atoms with E-state index in [1.54, 1.807) is 0 Å². The molecule has 2 aromatic heterocycles. The van der Waals surface area contributed by atoms with E-state index in [1.807, 2.05) is 65.2 Å². The third-order valence-electron chi connectivity index (χ3n) is 4.19. The Morgan fingerprint density at radius 1 is 0.840 bits per heavy atom. The zero-order valence-corrected chi connectivity index (χ0v) is 13.8. The maximum Gasteiger partial charge on any atom is 0.231 e. The first kappa shape index (κ1) is 14.3. The average molecular weight is 350 g/mol. The summed E-state index contributed by atoms with van der Waals surface area (Å²) in [4.78, 5) is 0. The number of hydrogen-bond acceptors (Lipinski definition) is 4. The Morgan fingerprint density at radius 3 is 2.64 bits per heavy atom. The first-order valence-corrected chi connectivity index (χ1v) is 8.16. The lowest BCUT2D eigenvalue weighted by atomic mass is 10.1. The van der Waals surface area contributed by atoms with Gasteiger partial charge in [-0.15, -0.1) is 10.2 Å². The van der Waals surface area contributed by atoms with E-state index < -0.39 is 0 Å². The van der Waals surface area contributed by atoms with Crippen LogP contribution in [-0.4, -0.2) is 21.4 Å². The molecule has 0 amide bonds. The highest BCUT2D eigenvalue weighted by molar-refractivity contribution is 6.30. The molecule has 0 saturated carbocycles. The fourth-order valence-corrected chi connectivity index (χ4v) is 3.15. The Hall–Kier alpha value is -3.05. The van der Waals surface area contributed by atoms with E-state index in [0.717, 1.165) is 39.7 Å². The van der Waals surface area contributed by atoms with Crippen molar-refractivity contribution < 1.29 is 9.47 Å². The summed E-state index contributed by atoms with van der Waals surface area (Å²) in [5, 5.41) is 9.22. The molecular weight excluding hydrogens is 338 g/mol. The van der Waals surface area contributed by atoms with Gasteiger partial charge in [-0.2, -0.15) is 0 Å². The monoisotopic (exact) mass is 349 g/mol. The molecule has 4 aromatic rings. The quantitative estimate of drug-likeness (QED) is 0.536. The molecule has 0 spiro atoms. The molecule has 122 valence electrons. The Balaban J connectivity index is 1.65. The molecule has 2 aromatic carbocycles. The fraction of sp³-hybridized carbons (Fsp3) is 0.0526. The van der Waals surface area contributed by atoms with Crippen LogP contribution in [-0.2, 0) is 0 Å². The lowest BCUT2D eigenvalue weighted by Gasteiger charge is -2.06. The van der Waals surface area contributed by atoms with Crippen molar-refractivity contribution in [3.63, 3.8) is 0 Å². The molecule has 0 atom stereocenters. The van der Waals surface area contributed by atoms with Gasteiger partial charge in [-0.3, -0.25) is 4.40 Å². The molecule has 0 N–H and O–H groups in total. The summed E-state index contributed by atoms with van der Waals surface area (Å²) in [7, 11) is 0. The van der Waals surface area contributed by atoms with E-state index in [4.69, 9.17) is 21.1 Å². The van der Waals surface area contributed by atoms with Gasteiger partial charge in [0.2, 0.25) is 6.79 Å². The third-order valence-corrected chi connectivity index (χ3v) is 4.43. The molecule has 6 heteroatoms. The van der Waals surface area contributed by atoms with Crippen LogP contribution >= 0.6 is 11.6 Å². The zero-order chi connectivity index (χ0) is 16.8. The molecule has 3 heterocycles. The van der Waals surface area contributed by atoms with Crippen molar-refractivity contribution in [2.24, 2.45) is 0 Å². The standard InChI is InChI=1S/C19H12ClN3O2/c20-15-3-1-2-13(8-15)19-22-21-18-7-5-14(10-23(18)19)12-4-6-16-17(9-12)25-11-24-16/h1-10H,11H2. The minimum absolute atomic E-state index is 0.266. The number of halogens is 1. The lowest BCUT2D eigenvalue weighted by Crippen LogP contribution is -1.93. The second kappa shape index (κ2) is 5.50. The first-order valence-electron chi connectivity index (χ1n) is 7.79. The molecular formula is C19H12ClN3O2. The molecule has 0 unspecified atom stereocenters. The van der Waals surface area contributed by atoms with Crippen LogP contribution < -0.4 is 9.47 Å². The van der Waals surface area contributed by atoms with Crippen LogP contribution in [0, 0.1) is 0 Å². The van der Waals surface area contributed by atoms with Gasteiger partial charge in [0.25, 0.3) is 0 Å². The molecule has 0 aliphatic carbocycles. The Bertz CT molecular complexity index is 1110. The van der Waals surface area contributed by atoms with Gasteiger partial charge in [-0.1, -0.05) is 29.8 Å². The SMILES string of the molecule is Clc1cccc(-c2nnc3ccc(-c4ccc5c(c4)OCO5)cn23)c1. The van der Waals surface area contributed by atoms with Crippen LogP contribution in [0.3, 0.4) is 0 Å². The van der Waals surface area contributed by atoms with Crippen LogP contribution in [0.25, 0.3) is 28.2 Å². The molecule has 1 aliphatic rings. The zero-order valence-electron chi connectivity index (χ0n) is 13.0. The molecule has 0 fully saturated rings. The van der Waals surface area contributed by atoms with Crippen LogP contribution in [0.15, 0.2) is 60.8 Å². The highest BCUT2D eigenvalue weighted by Gasteiger charge is 2.15. The van der Waals surface area contributed by atoms with Gasteiger partial charge < -0.3 is 9.47 Å². The summed E-state index contributed by atoms with van der Waals surface area (Å²) in [5.41, 5.74) is 3.77. The van der Waals surface area contributed by atoms with Crippen LogP contribution in [0.2, 0.25) is 5.02 Å². The van der Waals surface area contributed by atoms with Gasteiger partial charge in [-0.25, -0.2) is 0 Å². The molecule has 25 heavy (non-hydrogen) atoms. The maximum atomic E-state index is 6.11. The van der Waals surface area contributed by atoms with E-state index in [1.165, 1.54) is 0 Å². The number of pyridine rings is 1. The van der Waals surface area contributed by atoms with Gasteiger partial charge in [0.1, 0.15) is 0 Å². The Labute approximate surface area is 148 Å². The summed E-state index contributed by atoms with van der Waals surface area (Å²) in [6.45, 7) is 0.266. The van der Waals surface area contributed by atoms with E-state index in [-0.39, 0.29) is 6.79 Å². The number of aromatic nitrogens is 3. The molecule has 1 aliphatic heterocycles. The van der Waals surface area contributed by atoms with Crippen molar-refractivity contribution >= 4 is 17.2 Å². The minimum atomic E-state index is 0.266. The van der Waals surface area contributed by atoms with Crippen LogP contribution in [0.4, 0.5) is 0 Å². The molecule has 5 rings (SSSR count).